The van der Waals surface area contributed by atoms with Gasteiger partial charge in [0.2, 0.25) is 0 Å². The molecule has 0 radical (unpaired) electrons. The van der Waals surface area contributed by atoms with Crippen molar-refractivity contribution >= 4 is 29.0 Å². The summed E-state index contributed by atoms with van der Waals surface area (Å²) in [6.07, 6.45) is 3.05. The highest BCUT2D eigenvalue weighted by atomic mass is 32.2. The lowest BCUT2D eigenvalue weighted by molar-refractivity contribution is 0.0734. The van der Waals surface area contributed by atoms with Crippen LogP contribution in [0, 0.1) is 5.92 Å². The number of rotatable bonds is 6. The van der Waals surface area contributed by atoms with Gasteiger partial charge in [0.15, 0.2) is 0 Å². The van der Waals surface area contributed by atoms with E-state index in [1.54, 1.807) is 23.1 Å². The van der Waals surface area contributed by atoms with Crippen LogP contribution in [0.1, 0.15) is 21.7 Å². The zero-order valence-corrected chi connectivity index (χ0v) is 14.9. The lowest BCUT2D eigenvalue weighted by atomic mass is 10.1. The monoisotopic (exact) mass is 347 g/mol. The SMILES string of the molecule is CSc1ccsc1C(=O)N1CC[C@H](COCc2ccccc2)C1. The Kier molecular flexibility index (Phi) is 5.75. The van der Waals surface area contributed by atoms with Gasteiger partial charge in [-0.3, -0.25) is 4.79 Å². The Morgan fingerprint density at radius 1 is 1.35 bits per heavy atom. The molecule has 2 heterocycles. The van der Waals surface area contributed by atoms with Crippen LogP contribution in [0.2, 0.25) is 0 Å². The van der Waals surface area contributed by atoms with Crippen molar-refractivity contribution in [3.63, 3.8) is 0 Å². The zero-order valence-electron chi connectivity index (χ0n) is 13.2. The molecule has 23 heavy (non-hydrogen) atoms. The average Bonchev–Trinajstić information content (AvgIpc) is 3.24. The fourth-order valence-corrected chi connectivity index (χ4v) is 4.54. The number of thiophene rings is 1. The molecular formula is C18H21NO2S2. The van der Waals surface area contributed by atoms with E-state index >= 15 is 0 Å². The number of carbonyl (C=O) groups excluding carboxylic acids is 1. The minimum absolute atomic E-state index is 0.176. The second-order valence-corrected chi connectivity index (χ2v) is 7.49. The highest BCUT2D eigenvalue weighted by Crippen LogP contribution is 2.29. The summed E-state index contributed by atoms with van der Waals surface area (Å²) >= 11 is 3.18. The van der Waals surface area contributed by atoms with E-state index in [2.05, 4.69) is 12.1 Å². The summed E-state index contributed by atoms with van der Waals surface area (Å²) in [5, 5.41) is 2.00. The summed E-state index contributed by atoms with van der Waals surface area (Å²) in [6.45, 7) is 3.01. The van der Waals surface area contributed by atoms with E-state index in [1.165, 1.54) is 5.56 Å². The molecule has 1 aromatic heterocycles. The molecule has 1 aliphatic rings. The number of benzene rings is 1. The van der Waals surface area contributed by atoms with Crippen molar-refractivity contribution in [2.24, 2.45) is 5.92 Å². The maximum absolute atomic E-state index is 12.6. The van der Waals surface area contributed by atoms with Crippen molar-refractivity contribution < 1.29 is 9.53 Å². The van der Waals surface area contributed by atoms with E-state index in [-0.39, 0.29) is 5.91 Å². The summed E-state index contributed by atoms with van der Waals surface area (Å²) in [4.78, 5) is 16.6. The van der Waals surface area contributed by atoms with E-state index in [0.29, 0.717) is 12.5 Å². The quantitative estimate of drug-likeness (QED) is 0.735. The van der Waals surface area contributed by atoms with Crippen LogP contribution < -0.4 is 0 Å². The van der Waals surface area contributed by atoms with Gasteiger partial charge in [-0.05, 0) is 29.7 Å². The van der Waals surface area contributed by atoms with Crippen LogP contribution in [0.5, 0.6) is 0 Å². The van der Waals surface area contributed by atoms with Gasteiger partial charge in [-0.25, -0.2) is 0 Å². The Labute approximate surface area is 145 Å². The Morgan fingerprint density at radius 2 is 2.17 bits per heavy atom. The van der Waals surface area contributed by atoms with Crippen molar-refractivity contribution in [3.8, 4) is 0 Å². The fraction of sp³-hybridized carbons (Fsp3) is 0.389. The van der Waals surface area contributed by atoms with Crippen molar-refractivity contribution in [2.75, 3.05) is 26.0 Å². The second kappa shape index (κ2) is 7.99. The van der Waals surface area contributed by atoms with Crippen LogP contribution in [0.15, 0.2) is 46.7 Å². The van der Waals surface area contributed by atoms with Crippen LogP contribution in [-0.2, 0) is 11.3 Å². The average molecular weight is 348 g/mol. The molecule has 0 saturated carbocycles. The summed E-state index contributed by atoms with van der Waals surface area (Å²) in [7, 11) is 0. The molecule has 3 nitrogen and oxygen atoms in total. The molecule has 0 aliphatic carbocycles. The van der Waals surface area contributed by atoms with Gasteiger partial charge in [0.1, 0.15) is 4.88 Å². The van der Waals surface area contributed by atoms with Gasteiger partial charge >= 0.3 is 0 Å². The third-order valence-corrected chi connectivity index (χ3v) is 5.89. The third kappa shape index (κ3) is 4.16. The van der Waals surface area contributed by atoms with Gasteiger partial charge in [0.05, 0.1) is 13.2 Å². The first-order valence-corrected chi connectivity index (χ1v) is 9.91. The topological polar surface area (TPSA) is 29.5 Å². The Bertz CT molecular complexity index is 641. The number of likely N-dealkylation sites (tertiary alicyclic amines) is 1. The molecule has 1 saturated heterocycles. The van der Waals surface area contributed by atoms with Gasteiger partial charge in [0, 0.05) is 23.9 Å². The molecule has 1 fully saturated rings. The Balaban J connectivity index is 1.48. The van der Waals surface area contributed by atoms with Gasteiger partial charge < -0.3 is 9.64 Å². The maximum Gasteiger partial charge on any atom is 0.265 e. The minimum Gasteiger partial charge on any atom is -0.376 e. The number of nitrogens with zero attached hydrogens (tertiary/aromatic N) is 1. The molecule has 0 unspecified atom stereocenters. The first-order chi connectivity index (χ1) is 11.3. The van der Waals surface area contributed by atoms with Gasteiger partial charge in [-0.1, -0.05) is 30.3 Å². The predicted octanol–water partition coefficient (Wildman–Crippen LogP) is 4.15. The molecule has 1 aliphatic heterocycles. The smallest absolute Gasteiger partial charge is 0.265 e. The van der Waals surface area contributed by atoms with Crippen molar-refractivity contribution in [1.29, 1.82) is 0 Å². The van der Waals surface area contributed by atoms with E-state index < -0.39 is 0 Å². The van der Waals surface area contributed by atoms with Crippen molar-refractivity contribution in [3.05, 3.63) is 52.2 Å². The molecule has 0 spiro atoms. The minimum atomic E-state index is 0.176. The summed E-state index contributed by atoms with van der Waals surface area (Å²) in [5.74, 6) is 0.621. The molecule has 5 heteroatoms. The highest BCUT2D eigenvalue weighted by Gasteiger charge is 2.28. The number of amides is 1. The lowest BCUT2D eigenvalue weighted by Gasteiger charge is -2.16. The van der Waals surface area contributed by atoms with Crippen LogP contribution in [-0.4, -0.2) is 36.8 Å². The van der Waals surface area contributed by atoms with Crippen LogP contribution in [0.25, 0.3) is 0 Å². The molecule has 2 aromatic rings. The third-order valence-electron chi connectivity index (χ3n) is 4.08. The normalized spacial score (nSPS) is 17.6. The van der Waals surface area contributed by atoms with Gasteiger partial charge in [-0.2, -0.15) is 0 Å². The highest BCUT2D eigenvalue weighted by molar-refractivity contribution is 7.98. The van der Waals surface area contributed by atoms with Crippen molar-refractivity contribution in [2.45, 2.75) is 17.9 Å². The number of ether oxygens (including phenoxy) is 1. The molecule has 1 amide bonds. The fourth-order valence-electron chi connectivity index (χ4n) is 2.83. The molecule has 1 atom stereocenters. The molecule has 3 rings (SSSR count). The second-order valence-electron chi connectivity index (χ2n) is 5.72. The number of hydrogen-bond donors (Lipinski definition) is 0. The van der Waals surface area contributed by atoms with Crippen molar-refractivity contribution in [1.82, 2.24) is 4.90 Å². The first-order valence-electron chi connectivity index (χ1n) is 7.80. The summed E-state index contributed by atoms with van der Waals surface area (Å²) in [6, 6.07) is 12.2. The summed E-state index contributed by atoms with van der Waals surface area (Å²) < 4.78 is 5.83. The van der Waals surface area contributed by atoms with E-state index in [4.69, 9.17) is 4.74 Å². The lowest BCUT2D eigenvalue weighted by Crippen LogP contribution is -2.29. The number of thioether (sulfide) groups is 1. The van der Waals surface area contributed by atoms with E-state index in [9.17, 15) is 4.79 Å². The Hall–Kier alpha value is -1.30. The van der Waals surface area contributed by atoms with Gasteiger partial charge in [-0.15, -0.1) is 23.1 Å². The maximum atomic E-state index is 12.6. The van der Waals surface area contributed by atoms with Gasteiger partial charge in [0.25, 0.3) is 5.91 Å². The standard InChI is InChI=1S/C18H21NO2S2/c1-22-16-8-10-23-17(16)18(20)19-9-7-15(11-19)13-21-12-14-5-3-2-4-6-14/h2-6,8,10,15H,7,9,11-13H2,1H3/t15-/m0/s1. The van der Waals surface area contributed by atoms with Crippen LogP contribution >= 0.6 is 23.1 Å². The first kappa shape index (κ1) is 16.6. The van der Waals surface area contributed by atoms with E-state index in [1.807, 2.05) is 40.8 Å². The predicted molar refractivity (Wildman–Crippen MR) is 96.2 cm³/mol. The Morgan fingerprint density at radius 3 is 2.96 bits per heavy atom. The largest absolute Gasteiger partial charge is 0.376 e. The van der Waals surface area contributed by atoms with Crippen LogP contribution in [0.4, 0.5) is 0 Å². The number of carbonyl (C=O) groups is 1. The summed E-state index contributed by atoms with van der Waals surface area (Å²) in [5.41, 5.74) is 1.20. The molecule has 122 valence electrons. The molecule has 0 N–H and O–H groups in total. The molecule has 1 aromatic carbocycles. The number of hydrogen-bond acceptors (Lipinski definition) is 4. The van der Waals surface area contributed by atoms with Crippen LogP contribution in [0.3, 0.4) is 0 Å². The molecule has 0 bridgehead atoms. The zero-order chi connectivity index (χ0) is 16.1. The molecular weight excluding hydrogens is 326 g/mol. The van der Waals surface area contributed by atoms with E-state index in [0.717, 1.165) is 35.9 Å².